The quantitative estimate of drug-likeness (QED) is 0.264. The second-order valence-corrected chi connectivity index (χ2v) is 10.3. The Morgan fingerprint density at radius 2 is 1.88 bits per heavy atom. The molecule has 2 fully saturated rings. The highest BCUT2D eigenvalue weighted by atomic mass is 16.5. The van der Waals surface area contributed by atoms with E-state index >= 15 is 0 Å². The Kier molecular flexibility index (Phi) is 7.22. The summed E-state index contributed by atoms with van der Waals surface area (Å²) in [4.78, 5) is 37.6. The number of nitriles is 1. The van der Waals surface area contributed by atoms with Gasteiger partial charge < -0.3 is 20.7 Å². The van der Waals surface area contributed by atoms with Gasteiger partial charge in [0.05, 0.1) is 11.7 Å². The van der Waals surface area contributed by atoms with Crippen LogP contribution in [0.5, 0.6) is 11.5 Å². The highest BCUT2D eigenvalue weighted by Crippen LogP contribution is 2.27. The van der Waals surface area contributed by atoms with Gasteiger partial charge in [-0.25, -0.2) is 14.8 Å². The average Bonchev–Trinajstić information content (AvgIpc) is 3.74. The number of hydrogen-bond acceptors (Lipinski definition) is 8. The fraction of sp³-hybridized carbons (Fsp3) is 0.300. The first-order valence-corrected chi connectivity index (χ1v) is 13.7. The summed E-state index contributed by atoms with van der Waals surface area (Å²) in [5, 5.41) is 13.1. The molecule has 11 nitrogen and oxygen atoms in total. The Bertz CT molecular complexity index is 1700. The number of anilines is 1. The average molecular weight is 551 g/mol. The molecule has 2 saturated heterocycles. The van der Waals surface area contributed by atoms with Gasteiger partial charge in [0.15, 0.2) is 11.5 Å². The molecule has 2 atom stereocenters. The zero-order chi connectivity index (χ0) is 28.3. The molecule has 2 aromatic carbocycles. The van der Waals surface area contributed by atoms with Crippen LogP contribution >= 0.6 is 0 Å². The molecule has 2 aromatic heterocycles. The number of aromatic nitrogens is 4. The molecule has 0 radical (unpaired) electrons. The second kappa shape index (κ2) is 11.3. The number of rotatable bonds is 7. The van der Waals surface area contributed by atoms with Gasteiger partial charge in [-0.15, -0.1) is 0 Å². The van der Waals surface area contributed by atoms with Crippen LogP contribution < -0.4 is 21.5 Å². The van der Waals surface area contributed by atoms with E-state index in [0.29, 0.717) is 41.3 Å². The molecule has 0 saturated carbocycles. The third-order valence-corrected chi connectivity index (χ3v) is 7.66. The molecule has 4 aromatic rings. The van der Waals surface area contributed by atoms with Gasteiger partial charge >= 0.3 is 5.69 Å². The summed E-state index contributed by atoms with van der Waals surface area (Å²) >= 11 is 0. The molecule has 2 aliphatic heterocycles. The predicted molar refractivity (Wildman–Crippen MR) is 154 cm³/mol. The van der Waals surface area contributed by atoms with Crippen LogP contribution in [0.15, 0.2) is 77.4 Å². The van der Waals surface area contributed by atoms with Gasteiger partial charge in [0.2, 0.25) is 0 Å². The number of carbonyl (C=O) groups excluding carboxylic acids is 1. The van der Waals surface area contributed by atoms with Crippen LogP contribution in [0.2, 0.25) is 0 Å². The Labute approximate surface area is 236 Å². The first-order chi connectivity index (χ1) is 20.0. The van der Waals surface area contributed by atoms with Crippen LogP contribution in [0.25, 0.3) is 16.9 Å². The van der Waals surface area contributed by atoms with Crippen molar-refractivity contribution < 1.29 is 9.53 Å². The van der Waals surface area contributed by atoms with E-state index in [1.807, 2.05) is 30.3 Å². The minimum Gasteiger partial charge on any atom is -0.457 e. The van der Waals surface area contributed by atoms with Crippen LogP contribution in [0, 0.1) is 11.3 Å². The molecule has 4 heterocycles. The zero-order valence-electron chi connectivity index (χ0n) is 22.4. The maximum atomic E-state index is 13.9. The summed E-state index contributed by atoms with van der Waals surface area (Å²) < 4.78 is 8.94. The fourth-order valence-corrected chi connectivity index (χ4v) is 5.66. The lowest BCUT2D eigenvalue weighted by atomic mass is 10.1. The van der Waals surface area contributed by atoms with Crippen molar-refractivity contribution in [2.45, 2.75) is 44.3 Å². The van der Waals surface area contributed by atoms with Gasteiger partial charge in [-0.05, 0) is 74.7 Å². The van der Waals surface area contributed by atoms with Crippen LogP contribution in [-0.2, 0) is 11.3 Å². The molecule has 41 heavy (non-hydrogen) atoms. The largest absolute Gasteiger partial charge is 0.457 e. The number of nitrogens with zero attached hydrogens (tertiary/aromatic N) is 6. The van der Waals surface area contributed by atoms with Gasteiger partial charge in [0, 0.05) is 19.1 Å². The third kappa shape index (κ3) is 5.17. The van der Waals surface area contributed by atoms with Crippen molar-refractivity contribution in [3.05, 3.63) is 83.1 Å². The minimum atomic E-state index is -0.338. The maximum Gasteiger partial charge on any atom is 0.335 e. The number of imidazole rings is 1. The normalized spacial score (nSPS) is 19.0. The van der Waals surface area contributed by atoms with Crippen molar-refractivity contribution in [3.8, 4) is 23.3 Å². The van der Waals surface area contributed by atoms with E-state index < -0.39 is 0 Å². The summed E-state index contributed by atoms with van der Waals surface area (Å²) in [5.41, 5.74) is 7.43. The SMILES string of the molecule is N#CC(=C[C@@H]1CCCN1)C(=O)N1CCC[C@H]1Cn1c(=O)n(-c2ccc(Oc3ccccc3)cc2)c2c(N)ncnc21. The van der Waals surface area contributed by atoms with Crippen molar-refractivity contribution in [1.82, 2.24) is 29.3 Å². The number of ether oxygens (including phenoxy) is 1. The van der Waals surface area contributed by atoms with Gasteiger partial charge in [-0.2, -0.15) is 5.26 Å². The molecule has 0 spiro atoms. The molecule has 0 bridgehead atoms. The number of nitrogens with one attached hydrogen (secondary N) is 1. The summed E-state index contributed by atoms with van der Waals surface area (Å²) in [6.07, 6.45) is 6.47. The smallest absolute Gasteiger partial charge is 0.335 e. The molecule has 6 rings (SSSR count). The van der Waals surface area contributed by atoms with Crippen molar-refractivity contribution >= 4 is 22.9 Å². The number of carbonyl (C=O) groups is 1. The van der Waals surface area contributed by atoms with E-state index in [1.165, 1.54) is 10.9 Å². The molecule has 208 valence electrons. The van der Waals surface area contributed by atoms with Gasteiger partial charge in [-0.1, -0.05) is 18.2 Å². The Hall–Kier alpha value is -4.95. The monoisotopic (exact) mass is 550 g/mol. The van der Waals surface area contributed by atoms with E-state index in [1.54, 1.807) is 39.8 Å². The third-order valence-electron chi connectivity index (χ3n) is 7.66. The van der Waals surface area contributed by atoms with E-state index in [9.17, 15) is 14.9 Å². The summed E-state index contributed by atoms with van der Waals surface area (Å²) in [7, 11) is 0. The standard InChI is InChI=1S/C30H30N8O3/c31-17-20(16-21-6-4-14-33-21)29(39)36-15-5-7-23(36)18-37-28-26(27(32)34-19-35-28)38(30(37)40)22-10-12-25(13-11-22)41-24-8-2-1-3-9-24/h1-3,8-13,16,19,21,23,33H,4-7,14-15,18H2,(H2,32,34,35)/t21-,23-/m0/s1. The van der Waals surface area contributed by atoms with Crippen LogP contribution in [0.4, 0.5) is 5.82 Å². The van der Waals surface area contributed by atoms with Crippen molar-refractivity contribution in [3.63, 3.8) is 0 Å². The van der Waals surface area contributed by atoms with Gasteiger partial charge in [-0.3, -0.25) is 13.9 Å². The summed E-state index contributed by atoms with van der Waals surface area (Å²) in [5.74, 6) is 1.20. The highest BCUT2D eigenvalue weighted by Gasteiger charge is 2.33. The molecular weight excluding hydrogens is 520 g/mol. The second-order valence-electron chi connectivity index (χ2n) is 10.3. The molecule has 1 amide bonds. The number of nitrogen functional groups attached to an aromatic ring is 1. The van der Waals surface area contributed by atoms with Crippen molar-refractivity contribution in [2.24, 2.45) is 0 Å². The number of nitrogens with two attached hydrogens (primary N) is 1. The lowest BCUT2D eigenvalue weighted by molar-refractivity contribution is -0.127. The van der Waals surface area contributed by atoms with Crippen molar-refractivity contribution in [1.29, 1.82) is 5.26 Å². The van der Waals surface area contributed by atoms with Gasteiger partial charge in [0.25, 0.3) is 5.91 Å². The number of hydrogen-bond donors (Lipinski definition) is 2. The maximum absolute atomic E-state index is 13.9. The lowest BCUT2D eigenvalue weighted by Crippen LogP contribution is -2.41. The summed E-state index contributed by atoms with van der Waals surface area (Å²) in [6.45, 7) is 1.62. The topological polar surface area (TPSA) is 144 Å². The molecule has 0 unspecified atom stereocenters. The number of likely N-dealkylation sites (tertiary alicyclic amines) is 1. The molecule has 11 heteroatoms. The minimum absolute atomic E-state index is 0.0272. The first-order valence-electron chi connectivity index (χ1n) is 13.7. The van der Waals surface area contributed by atoms with E-state index in [4.69, 9.17) is 10.5 Å². The molecule has 0 aliphatic carbocycles. The van der Waals surface area contributed by atoms with Crippen molar-refractivity contribution in [2.75, 3.05) is 18.8 Å². The predicted octanol–water partition coefficient (Wildman–Crippen LogP) is 3.15. The Balaban J connectivity index is 1.31. The van der Waals surface area contributed by atoms with E-state index in [0.717, 1.165) is 25.8 Å². The van der Waals surface area contributed by atoms with Crippen LogP contribution in [0.1, 0.15) is 25.7 Å². The fourth-order valence-electron chi connectivity index (χ4n) is 5.66. The Morgan fingerprint density at radius 3 is 2.61 bits per heavy atom. The molecule has 2 aliphatic rings. The van der Waals surface area contributed by atoms with Crippen LogP contribution in [-0.4, -0.2) is 55.1 Å². The lowest BCUT2D eigenvalue weighted by Gasteiger charge is -2.25. The van der Waals surface area contributed by atoms with E-state index in [2.05, 4.69) is 21.4 Å². The molecular formula is C30H30N8O3. The van der Waals surface area contributed by atoms with Gasteiger partial charge in [0.1, 0.15) is 35.0 Å². The molecule has 3 N–H and O–H groups in total. The number of benzene rings is 2. The highest BCUT2D eigenvalue weighted by molar-refractivity contribution is 5.97. The van der Waals surface area contributed by atoms with E-state index in [-0.39, 0.29) is 41.6 Å². The summed E-state index contributed by atoms with van der Waals surface area (Å²) in [6, 6.07) is 18.4. The number of fused-ring (bicyclic) bond motifs is 1. The zero-order valence-corrected chi connectivity index (χ0v) is 22.4. The first kappa shape index (κ1) is 26.3. The van der Waals surface area contributed by atoms with Crippen LogP contribution in [0.3, 0.4) is 0 Å². The number of para-hydroxylation sites is 1. The Morgan fingerprint density at radius 1 is 1.10 bits per heavy atom. The number of amides is 1.